The zero-order chi connectivity index (χ0) is 12.5. The van der Waals surface area contributed by atoms with E-state index in [0.29, 0.717) is 19.8 Å². The Morgan fingerprint density at radius 3 is 2.88 bits per heavy atom. The van der Waals surface area contributed by atoms with Crippen LogP contribution >= 0.6 is 0 Å². The van der Waals surface area contributed by atoms with E-state index in [4.69, 9.17) is 9.47 Å². The lowest BCUT2D eigenvalue weighted by molar-refractivity contribution is 0.0656. The van der Waals surface area contributed by atoms with Crippen LogP contribution in [0.1, 0.15) is 25.2 Å². The van der Waals surface area contributed by atoms with Crippen LogP contribution in [0, 0.1) is 0 Å². The van der Waals surface area contributed by atoms with Crippen LogP contribution in [0.15, 0.2) is 12.4 Å². The molecule has 1 unspecified atom stereocenters. The lowest BCUT2D eigenvalue weighted by Gasteiger charge is -2.17. The van der Waals surface area contributed by atoms with E-state index in [1.165, 1.54) is 0 Å². The van der Waals surface area contributed by atoms with Gasteiger partial charge in [-0.1, -0.05) is 0 Å². The van der Waals surface area contributed by atoms with Crippen LogP contribution in [0.25, 0.3) is 0 Å². The zero-order valence-corrected chi connectivity index (χ0v) is 11.0. The van der Waals surface area contributed by atoms with Gasteiger partial charge in [0.25, 0.3) is 0 Å². The first-order chi connectivity index (χ1) is 8.33. The normalized spacial score (nSPS) is 12.9. The highest BCUT2D eigenvalue weighted by atomic mass is 16.5. The molecule has 1 N–H and O–H groups in total. The highest BCUT2D eigenvalue weighted by Gasteiger charge is 2.13. The van der Waals surface area contributed by atoms with E-state index < -0.39 is 0 Å². The number of ether oxygens (including phenoxy) is 2. The second kappa shape index (κ2) is 8.22. The summed E-state index contributed by atoms with van der Waals surface area (Å²) in [5, 5.41) is 3.28. The molecule has 0 spiro atoms. The Kier molecular flexibility index (Phi) is 6.84. The van der Waals surface area contributed by atoms with Gasteiger partial charge in [0.15, 0.2) is 0 Å². The van der Waals surface area contributed by atoms with Gasteiger partial charge in [0, 0.05) is 32.7 Å². The quantitative estimate of drug-likeness (QED) is 0.660. The van der Waals surface area contributed by atoms with Gasteiger partial charge in [-0.3, -0.25) is 0 Å². The standard InChI is InChI=1S/C12H23N3O2/c1-4-15-7-6-14-12(15)11(13-2)5-8-17-10-9-16-3/h6-7,11,13H,4-5,8-10H2,1-3H3. The van der Waals surface area contributed by atoms with Gasteiger partial charge >= 0.3 is 0 Å². The monoisotopic (exact) mass is 241 g/mol. The predicted molar refractivity (Wildman–Crippen MR) is 67.0 cm³/mol. The first-order valence-electron chi connectivity index (χ1n) is 6.08. The summed E-state index contributed by atoms with van der Waals surface area (Å²) in [5.74, 6) is 1.07. The Morgan fingerprint density at radius 2 is 2.24 bits per heavy atom. The zero-order valence-electron chi connectivity index (χ0n) is 11.0. The van der Waals surface area contributed by atoms with Crippen LogP contribution in [-0.2, 0) is 16.0 Å². The second-order valence-electron chi connectivity index (χ2n) is 3.81. The van der Waals surface area contributed by atoms with Crippen molar-refractivity contribution in [2.45, 2.75) is 25.9 Å². The molecule has 1 aromatic rings. The SMILES string of the molecule is CCn1ccnc1C(CCOCCOC)NC. The van der Waals surface area contributed by atoms with Gasteiger partial charge in [-0.2, -0.15) is 0 Å². The first-order valence-corrected chi connectivity index (χ1v) is 6.08. The largest absolute Gasteiger partial charge is 0.382 e. The fourth-order valence-electron chi connectivity index (χ4n) is 1.75. The van der Waals surface area contributed by atoms with E-state index in [1.54, 1.807) is 7.11 Å². The van der Waals surface area contributed by atoms with Crippen molar-refractivity contribution in [1.29, 1.82) is 0 Å². The molecule has 0 aliphatic carbocycles. The Morgan fingerprint density at radius 1 is 1.41 bits per heavy atom. The number of aromatic nitrogens is 2. The Labute approximate surface area is 103 Å². The molecule has 5 nitrogen and oxygen atoms in total. The molecule has 98 valence electrons. The van der Waals surface area contributed by atoms with E-state index in [-0.39, 0.29) is 6.04 Å². The molecule has 0 fully saturated rings. The first kappa shape index (κ1) is 14.2. The molecule has 1 aromatic heterocycles. The molecule has 0 aliphatic heterocycles. The number of nitrogens with one attached hydrogen (secondary N) is 1. The smallest absolute Gasteiger partial charge is 0.125 e. The van der Waals surface area contributed by atoms with E-state index >= 15 is 0 Å². The van der Waals surface area contributed by atoms with E-state index in [0.717, 1.165) is 18.8 Å². The molecule has 0 radical (unpaired) electrons. The average Bonchev–Trinajstić information content (AvgIpc) is 2.82. The van der Waals surface area contributed by atoms with E-state index in [9.17, 15) is 0 Å². The minimum atomic E-state index is 0.243. The number of hydrogen-bond donors (Lipinski definition) is 1. The fourth-order valence-corrected chi connectivity index (χ4v) is 1.75. The van der Waals surface area contributed by atoms with Gasteiger partial charge in [-0.15, -0.1) is 0 Å². The fraction of sp³-hybridized carbons (Fsp3) is 0.750. The number of hydrogen-bond acceptors (Lipinski definition) is 4. The molecule has 0 aliphatic rings. The Bertz CT molecular complexity index is 302. The van der Waals surface area contributed by atoms with E-state index in [1.807, 2.05) is 19.4 Å². The van der Waals surface area contributed by atoms with Crippen molar-refractivity contribution in [2.24, 2.45) is 0 Å². The van der Waals surface area contributed by atoms with Gasteiger partial charge < -0.3 is 19.4 Å². The molecule has 0 bridgehead atoms. The van der Waals surface area contributed by atoms with Crippen LogP contribution in [0.3, 0.4) is 0 Å². The van der Waals surface area contributed by atoms with Crippen LogP contribution in [0.5, 0.6) is 0 Å². The van der Waals surface area contributed by atoms with Crippen molar-refractivity contribution in [2.75, 3.05) is 34.0 Å². The molecule has 0 aromatic carbocycles. The Balaban J connectivity index is 2.38. The summed E-state index contributed by atoms with van der Waals surface area (Å²) in [5.41, 5.74) is 0. The summed E-state index contributed by atoms with van der Waals surface area (Å²) < 4.78 is 12.6. The molecular weight excluding hydrogens is 218 g/mol. The molecule has 17 heavy (non-hydrogen) atoms. The summed E-state index contributed by atoms with van der Waals surface area (Å²) in [4.78, 5) is 4.39. The lowest BCUT2D eigenvalue weighted by atomic mass is 10.2. The third kappa shape index (κ3) is 4.46. The Hall–Kier alpha value is -0.910. The van der Waals surface area contributed by atoms with E-state index in [2.05, 4.69) is 21.8 Å². The molecular formula is C12H23N3O2. The van der Waals surface area contributed by atoms with Crippen LogP contribution in [0.2, 0.25) is 0 Å². The minimum absolute atomic E-state index is 0.243. The average molecular weight is 241 g/mol. The molecule has 0 saturated heterocycles. The van der Waals surface area contributed by atoms with Gasteiger partial charge in [0.2, 0.25) is 0 Å². The molecule has 0 amide bonds. The maximum absolute atomic E-state index is 5.48. The lowest BCUT2D eigenvalue weighted by Crippen LogP contribution is -2.22. The van der Waals surface area contributed by atoms with Crippen molar-refractivity contribution in [3.05, 3.63) is 18.2 Å². The summed E-state index contributed by atoms with van der Waals surface area (Å²) in [6, 6.07) is 0.243. The van der Waals surface area contributed by atoms with Crippen molar-refractivity contribution in [3.63, 3.8) is 0 Å². The number of rotatable bonds is 9. The predicted octanol–water partition coefficient (Wildman–Crippen LogP) is 1.22. The summed E-state index contributed by atoms with van der Waals surface area (Å²) in [6.45, 7) is 5.07. The van der Waals surface area contributed by atoms with Crippen molar-refractivity contribution >= 4 is 0 Å². The minimum Gasteiger partial charge on any atom is -0.382 e. The summed E-state index contributed by atoms with van der Waals surface area (Å²) >= 11 is 0. The second-order valence-corrected chi connectivity index (χ2v) is 3.81. The maximum atomic E-state index is 5.48. The van der Waals surface area contributed by atoms with Crippen molar-refractivity contribution in [1.82, 2.24) is 14.9 Å². The molecule has 0 saturated carbocycles. The van der Waals surface area contributed by atoms with Crippen LogP contribution < -0.4 is 5.32 Å². The summed E-state index contributed by atoms with van der Waals surface area (Å²) in [7, 11) is 3.63. The number of aryl methyl sites for hydroxylation is 1. The summed E-state index contributed by atoms with van der Waals surface area (Å²) in [6.07, 6.45) is 4.76. The van der Waals surface area contributed by atoms with Crippen LogP contribution in [0.4, 0.5) is 0 Å². The van der Waals surface area contributed by atoms with Gasteiger partial charge in [-0.05, 0) is 20.4 Å². The van der Waals surface area contributed by atoms with Crippen molar-refractivity contribution in [3.8, 4) is 0 Å². The number of nitrogens with zero attached hydrogens (tertiary/aromatic N) is 2. The third-order valence-electron chi connectivity index (χ3n) is 2.73. The van der Waals surface area contributed by atoms with Gasteiger partial charge in [-0.25, -0.2) is 4.98 Å². The number of methoxy groups -OCH3 is 1. The molecule has 5 heteroatoms. The van der Waals surface area contributed by atoms with Crippen LogP contribution in [-0.4, -0.2) is 43.5 Å². The molecule has 1 rings (SSSR count). The van der Waals surface area contributed by atoms with Gasteiger partial charge in [0.05, 0.1) is 19.3 Å². The molecule has 1 heterocycles. The molecule has 1 atom stereocenters. The highest BCUT2D eigenvalue weighted by molar-refractivity contribution is 4.99. The van der Waals surface area contributed by atoms with Gasteiger partial charge in [0.1, 0.15) is 5.82 Å². The maximum Gasteiger partial charge on any atom is 0.125 e. The highest BCUT2D eigenvalue weighted by Crippen LogP contribution is 2.14. The number of imidazole rings is 1. The third-order valence-corrected chi connectivity index (χ3v) is 2.73. The van der Waals surface area contributed by atoms with Crippen molar-refractivity contribution < 1.29 is 9.47 Å². The topological polar surface area (TPSA) is 48.3 Å².